The number of hydrogen-bond donors (Lipinski definition) is 2. The fourth-order valence-electron chi connectivity index (χ4n) is 3.08. The van der Waals surface area contributed by atoms with E-state index < -0.39 is 5.76 Å². The number of amides is 1. The van der Waals surface area contributed by atoms with E-state index in [2.05, 4.69) is 20.4 Å². The predicted octanol–water partition coefficient (Wildman–Crippen LogP) is 1.80. The van der Waals surface area contributed by atoms with Crippen molar-refractivity contribution in [3.05, 3.63) is 45.8 Å². The molecule has 1 aromatic heterocycles. The van der Waals surface area contributed by atoms with Crippen LogP contribution in [0.15, 0.2) is 27.4 Å². The number of carbonyl (C=O) groups excluding carboxylic acids is 1. The molecular weight excluding hydrogens is 308 g/mol. The number of hydrogen-bond acceptors (Lipinski definition) is 5. The molecule has 7 heteroatoms. The number of aromatic amines is 1. The van der Waals surface area contributed by atoms with Crippen LogP contribution in [0.4, 0.5) is 5.69 Å². The predicted molar refractivity (Wildman–Crippen MR) is 90.1 cm³/mol. The Morgan fingerprint density at radius 2 is 2.29 bits per heavy atom. The van der Waals surface area contributed by atoms with Gasteiger partial charge in [-0.05, 0) is 50.4 Å². The van der Waals surface area contributed by atoms with Gasteiger partial charge in [-0.15, -0.1) is 5.10 Å². The highest BCUT2D eigenvalue weighted by atomic mass is 16.4. The molecule has 24 heavy (non-hydrogen) atoms. The Morgan fingerprint density at radius 3 is 3.04 bits per heavy atom. The molecule has 2 heterocycles. The average molecular weight is 330 g/mol. The number of piperidine rings is 1. The molecule has 0 radical (unpaired) electrons. The van der Waals surface area contributed by atoms with Crippen LogP contribution in [0.1, 0.15) is 35.8 Å². The maximum atomic E-state index is 12.3. The molecule has 0 aliphatic carbocycles. The van der Waals surface area contributed by atoms with Crippen LogP contribution in [-0.4, -0.2) is 40.6 Å². The third kappa shape index (κ3) is 3.91. The largest absolute Gasteiger partial charge is 0.434 e. The minimum atomic E-state index is -0.533. The van der Waals surface area contributed by atoms with Gasteiger partial charge in [0.2, 0.25) is 11.8 Å². The van der Waals surface area contributed by atoms with Crippen molar-refractivity contribution in [3.8, 4) is 0 Å². The second-order valence-corrected chi connectivity index (χ2v) is 6.39. The number of aryl methyl sites for hydroxylation is 2. The Kier molecular flexibility index (Phi) is 4.80. The van der Waals surface area contributed by atoms with Crippen molar-refractivity contribution >= 4 is 11.6 Å². The third-order valence-electron chi connectivity index (χ3n) is 4.34. The van der Waals surface area contributed by atoms with Gasteiger partial charge in [0.05, 0.1) is 12.5 Å². The molecule has 2 N–H and O–H groups in total. The normalized spacial score (nSPS) is 18.5. The molecule has 0 bridgehead atoms. The average Bonchev–Trinajstić information content (AvgIpc) is 2.98. The lowest BCUT2D eigenvalue weighted by atomic mass is 9.98. The summed E-state index contributed by atoms with van der Waals surface area (Å²) in [6.45, 7) is 5.81. The highest BCUT2D eigenvalue weighted by molar-refractivity contribution is 5.93. The maximum Gasteiger partial charge on any atom is 0.434 e. The van der Waals surface area contributed by atoms with E-state index in [0.717, 1.165) is 36.2 Å². The fourth-order valence-corrected chi connectivity index (χ4v) is 3.08. The van der Waals surface area contributed by atoms with Gasteiger partial charge in [0.1, 0.15) is 0 Å². The van der Waals surface area contributed by atoms with Crippen molar-refractivity contribution < 1.29 is 9.21 Å². The van der Waals surface area contributed by atoms with E-state index >= 15 is 0 Å². The van der Waals surface area contributed by atoms with E-state index in [0.29, 0.717) is 19.0 Å². The van der Waals surface area contributed by atoms with Crippen LogP contribution in [0.25, 0.3) is 0 Å². The van der Waals surface area contributed by atoms with Crippen molar-refractivity contribution in [1.29, 1.82) is 0 Å². The zero-order chi connectivity index (χ0) is 17.1. The highest BCUT2D eigenvalue weighted by Crippen LogP contribution is 2.24. The van der Waals surface area contributed by atoms with Gasteiger partial charge in [-0.1, -0.05) is 12.1 Å². The molecule has 128 valence electrons. The van der Waals surface area contributed by atoms with Gasteiger partial charge >= 0.3 is 5.76 Å². The summed E-state index contributed by atoms with van der Waals surface area (Å²) < 4.78 is 5.05. The molecule has 1 fully saturated rings. The number of aromatic nitrogens is 2. The van der Waals surface area contributed by atoms with Crippen LogP contribution in [-0.2, 0) is 4.79 Å². The van der Waals surface area contributed by atoms with Crippen LogP contribution < -0.4 is 11.1 Å². The summed E-state index contributed by atoms with van der Waals surface area (Å²) in [6.07, 6.45) is 1.85. The Labute approximate surface area is 140 Å². The van der Waals surface area contributed by atoms with E-state index in [9.17, 15) is 9.59 Å². The van der Waals surface area contributed by atoms with Crippen molar-refractivity contribution in [2.24, 2.45) is 0 Å². The summed E-state index contributed by atoms with van der Waals surface area (Å²) >= 11 is 0. The number of anilines is 1. The first-order chi connectivity index (χ1) is 11.5. The van der Waals surface area contributed by atoms with Crippen LogP contribution in [0.3, 0.4) is 0 Å². The van der Waals surface area contributed by atoms with Gasteiger partial charge < -0.3 is 9.73 Å². The first kappa shape index (κ1) is 16.4. The maximum absolute atomic E-state index is 12.3. The zero-order valence-electron chi connectivity index (χ0n) is 14.0. The van der Waals surface area contributed by atoms with Crippen LogP contribution in [0.5, 0.6) is 0 Å². The Balaban J connectivity index is 1.59. The first-order valence-corrected chi connectivity index (χ1v) is 8.16. The van der Waals surface area contributed by atoms with E-state index in [1.54, 1.807) is 0 Å². The van der Waals surface area contributed by atoms with E-state index in [1.807, 2.05) is 32.0 Å². The molecule has 3 rings (SSSR count). The molecule has 1 unspecified atom stereocenters. The molecule has 1 aliphatic rings. The third-order valence-corrected chi connectivity index (χ3v) is 4.34. The topological polar surface area (TPSA) is 91.2 Å². The summed E-state index contributed by atoms with van der Waals surface area (Å²) in [4.78, 5) is 25.5. The molecule has 1 saturated heterocycles. The van der Waals surface area contributed by atoms with E-state index in [-0.39, 0.29) is 11.8 Å². The molecule has 1 aliphatic heterocycles. The Bertz CT molecular complexity index is 780. The number of H-pyrrole nitrogens is 1. The highest BCUT2D eigenvalue weighted by Gasteiger charge is 2.26. The summed E-state index contributed by atoms with van der Waals surface area (Å²) in [5.74, 6) is -0.0894. The Morgan fingerprint density at radius 1 is 1.46 bits per heavy atom. The quantitative estimate of drug-likeness (QED) is 0.892. The fraction of sp³-hybridized carbons (Fsp3) is 0.471. The van der Waals surface area contributed by atoms with Crippen LogP contribution in [0, 0.1) is 13.8 Å². The van der Waals surface area contributed by atoms with Crippen molar-refractivity contribution in [2.75, 3.05) is 25.0 Å². The van der Waals surface area contributed by atoms with Gasteiger partial charge in [0.15, 0.2) is 0 Å². The molecule has 2 aromatic rings. The van der Waals surface area contributed by atoms with Crippen molar-refractivity contribution in [1.82, 2.24) is 15.1 Å². The van der Waals surface area contributed by atoms with Gasteiger partial charge in [-0.3, -0.25) is 9.69 Å². The van der Waals surface area contributed by atoms with Crippen LogP contribution >= 0.6 is 0 Å². The minimum Gasteiger partial charge on any atom is -0.392 e. The number of nitrogens with zero attached hydrogens (tertiary/aromatic N) is 2. The van der Waals surface area contributed by atoms with Crippen LogP contribution in [0.2, 0.25) is 0 Å². The second kappa shape index (κ2) is 7.00. The van der Waals surface area contributed by atoms with E-state index in [4.69, 9.17) is 4.42 Å². The summed E-state index contributed by atoms with van der Waals surface area (Å²) in [5.41, 5.74) is 3.01. The van der Waals surface area contributed by atoms with Gasteiger partial charge in [0, 0.05) is 12.2 Å². The second-order valence-electron chi connectivity index (χ2n) is 6.39. The number of rotatable bonds is 4. The number of nitrogens with one attached hydrogen (secondary N) is 2. The molecule has 0 saturated carbocycles. The van der Waals surface area contributed by atoms with Crippen molar-refractivity contribution in [3.63, 3.8) is 0 Å². The lowest BCUT2D eigenvalue weighted by molar-refractivity contribution is -0.117. The number of carbonyl (C=O) groups is 1. The standard InChI is InChI=1S/C17H22N4O3/c1-11-5-6-12(2)14(8-11)18-15(22)10-21-7-3-4-13(9-21)16-19-20-17(23)24-16/h5-6,8,13H,3-4,7,9-10H2,1-2H3,(H,18,22)(H,20,23). The summed E-state index contributed by atoms with van der Waals surface area (Å²) in [7, 11) is 0. The first-order valence-electron chi connectivity index (χ1n) is 8.16. The van der Waals surface area contributed by atoms with Gasteiger partial charge in [-0.25, -0.2) is 9.89 Å². The summed E-state index contributed by atoms with van der Waals surface area (Å²) in [5, 5.41) is 9.19. The molecule has 1 atom stereocenters. The SMILES string of the molecule is Cc1ccc(C)c(NC(=O)CN2CCCC(c3n[nH]c(=O)o3)C2)c1. The molecule has 7 nitrogen and oxygen atoms in total. The Hall–Kier alpha value is -2.41. The molecule has 1 aromatic carbocycles. The van der Waals surface area contributed by atoms with Crippen molar-refractivity contribution in [2.45, 2.75) is 32.6 Å². The zero-order valence-corrected chi connectivity index (χ0v) is 14.0. The lowest BCUT2D eigenvalue weighted by Crippen LogP contribution is -2.40. The number of likely N-dealkylation sites (tertiary alicyclic amines) is 1. The molecule has 0 spiro atoms. The van der Waals surface area contributed by atoms with Gasteiger partial charge in [0.25, 0.3) is 0 Å². The minimum absolute atomic E-state index is 0.0344. The van der Waals surface area contributed by atoms with Gasteiger partial charge in [-0.2, -0.15) is 0 Å². The smallest absolute Gasteiger partial charge is 0.392 e. The van der Waals surface area contributed by atoms with E-state index in [1.165, 1.54) is 0 Å². The molecular formula is C17H22N4O3. The summed E-state index contributed by atoms with van der Waals surface area (Å²) in [6, 6.07) is 6.00. The lowest BCUT2D eigenvalue weighted by Gasteiger charge is -2.30. The molecule has 1 amide bonds. The number of benzene rings is 1. The monoisotopic (exact) mass is 330 g/mol.